The Morgan fingerprint density at radius 3 is 2.20 bits per heavy atom. The van der Waals surface area contributed by atoms with Crippen LogP contribution in [0.15, 0.2) is 42.5 Å². The highest BCUT2D eigenvalue weighted by atomic mass is 16.5. The van der Waals surface area contributed by atoms with E-state index in [0.29, 0.717) is 11.4 Å². The molecule has 0 aliphatic carbocycles. The van der Waals surface area contributed by atoms with Crippen LogP contribution in [0.3, 0.4) is 0 Å². The molecule has 3 heteroatoms. The Hall–Kier alpha value is -2.16. The van der Waals surface area contributed by atoms with Crippen LogP contribution < -0.4 is 10.5 Å². The smallest absolute Gasteiger partial charge is 0.138 e. The highest BCUT2D eigenvalue weighted by molar-refractivity contribution is 5.55. The van der Waals surface area contributed by atoms with Crippen molar-refractivity contribution < 1.29 is 9.84 Å². The number of nitrogens with two attached hydrogens (primary N) is 1. The van der Waals surface area contributed by atoms with Gasteiger partial charge in [0.15, 0.2) is 0 Å². The average molecular weight is 271 g/mol. The Kier molecular flexibility index (Phi) is 3.89. The Labute approximate surface area is 120 Å². The Morgan fingerprint density at radius 2 is 1.65 bits per heavy atom. The van der Waals surface area contributed by atoms with Crippen LogP contribution in [-0.4, -0.2) is 5.11 Å². The van der Waals surface area contributed by atoms with Crippen LogP contribution in [0.4, 0.5) is 5.69 Å². The molecule has 0 aliphatic heterocycles. The quantitative estimate of drug-likeness (QED) is 0.638. The monoisotopic (exact) mass is 271 g/mol. The lowest BCUT2D eigenvalue weighted by Crippen LogP contribution is -2.14. The van der Waals surface area contributed by atoms with Crippen LogP contribution in [-0.2, 0) is 5.41 Å². The van der Waals surface area contributed by atoms with Crippen molar-refractivity contribution >= 4 is 5.69 Å². The summed E-state index contributed by atoms with van der Waals surface area (Å²) in [5.74, 6) is 1.44. The number of nitrogen functional groups attached to an aromatic ring is 1. The van der Waals surface area contributed by atoms with Crippen LogP contribution in [0.1, 0.15) is 32.8 Å². The van der Waals surface area contributed by atoms with Crippen molar-refractivity contribution in [2.24, 2.45) is 0 Å². The van der Waals surface area contributed by atoms with Crippen molar-refractivity contribution in [2.75, 3.05) is 5.73 Å². The topological polar surface area (TPSA) is 55.5 Å². The van der Waals surface area contributed by atoms with Gasteiger partial charge in [0.1, 0.15) is 17.2 Å². The molecule has 2 aromatic carbocycles. The summed E-state index contributed by atoms with van der Waals surface area (Å²) in [5.41, 5.74) is 7.41. The molecule has 0 amide bonds. The summed E-state index contributed by atoms with van der Waals surface area (Å²) >= 11 is 0. The second-order valence-electron chi connectivity index (χ2n) is 5.58. The van der Waals surface area contributed by atoms with Gasteiger partial charge in [-0.15, -0.1) is 0 Å². The van der Waals surface area contributed by atoms with Crippen LogP contribution in [0.2, 0.25) is 0 Å². The molecule has 106 valence electrons. The molecule has 0 aliphatic rings. The van der Waals surface area contributed by atoms with Gasteiger partial charge in [-0.1, -0.05) is 32.9 Å². The molecule has 0 atom stereocenters. The van der Waals surface area contributed by atoms with E-state index in [1.54, 1.807) is 12.1 Å². The first-order valence-corrected chi connectivity index (χ1v) is 6.79. The highest BCUT2D eigenvalue weighted by Crippen LogP contribution is 2.31. The number of rotatable bonds is 4. The van der Waals surface area contributed by atoms with Gasteiger partial charge in [0.2, 0.25) is 0 Å². The van der Waals surface area contributed by atoms with Gasteiger partial charge in [-0.25, -0.2) is 0 Å². The van der Waals surface area contributed by atoms with E-state index in [-0.39, 0.29) is 11.2 Å². The number of phenolic OH excluding ortho intramolecular Hbond substituents is 1. The number of hydrogen-bond donors (Lipinski definition) is 2. The molecular weight excluding hydrogens is 250 g/mol. The fourth-order valence-corrected chi connectivity index (χ4v) is 1.91. The number of ether oxygens (including phenoxy) is 1. The van der Waals surface area contributed by atoms with Crippen LogP contribution in [0, 0.1) is 0 Å². The Balaban J connectivity index is 2.16. The summed E-state index contributed by atoms with van der Waals surface area (Å²) in [7, 11) is 0. The van der Waals surface area contributed by atoms with Crippen LogP contribution >= 0.6 is 0 Å². The van der Waals surface area contributed by atoms with Crippen molar-refractivity contribution in [1.29, 1.82) is 0 Å². The second-order valence-corrected chi connectivity index (χ2v) is 5.58. The lowest BCUT2D eigenvalue weighted by molar-refractivity contribution is 0.465. The molecule has 3 N–H and O–H groups in total. The van der Waals surface area contributed by atoms with Gasteiger partial charge >= 0.3 is 0 Å². The zero-order chi connectivity index (χ0) is 14.8. The highest BCUT2D eigenvalue weighted by Gasteiger charge is 2.17. The number of aromatic hydroxyl groups is 1. The molecule has 0 fully saturated rings. The van der Waals surface area contributed by atoms with E-state index >= 15 is 0 Å². The van der Waals surface area contributed by atoms with Gasteiger partial charge in [0.05, 0.1) is 5.69 Å². The molecule has 0 radical (unpaired) electrons. The van der Waals surface area contributed by atoms with Gasteiger partial charge in [-0.05, 0) is 41.7 Å². The molecule has 3 nitrogen and oxygen atoms in total. The maximum atomic E-state index is 9.38. The molecule has 0 bridgehead atoms. The minimum Gasteiger partial charge on any atom is -0.506 e. The van der Waals surface area contributed by atoms with E-state index < -0.39 is 0 Å². The first-order valence-electron chi connectivity index (χ1n) is 6.79. The summed E-state index contributed by atoms with van der Waals surface area (Å²) in [4.78, 5) is 0. The largest absolute Gasteiger partial charge is 0.506 e. The van der Waals surface area contributed by atoms with Crippen LogP contribution in [0.25, 0.3) is 0 Å². The molecule has 0 saturated heterocycles. The van der Waals surface area contributed by atoms with Gasteiger partial charge in [-0.2, -0.15) is 0 Å². The predicted molar refractivity (Wildman–Crippen MR) is 82.4 cm³/mol. The number of hydrogen-bond acceptors (Lipinski definition) is 3. The van der Waals surface area contributed by atoms with E-state index in [4.69, 9.17) is 10.5 Å². The van der Waals surface area contributed by atoms with Crippen molar-refractivity contribution in [1.82, 2.24) is 0 Å². The lowest BCUT2D eigenvalue weighted by atomic mass is 9.82. The average Bonchev–Trinajstić information content (AvgIpc) is 2.43. The SMILES string of the molecule is CCC(C)(C)c1ccc(Oc2ccc(O)c(N)c2)cc1. The van der Waals surface area contributed by atoms with Gasteiger partial charge in [-0.3, -0.25) is 0 Å². The third kappa shape index (κ3) is 3.05. The van der Waals surface area contributed by atoms with Crippen molar-refractivity contribution in [2.45, 2.75) is 32.6 Å². The maximum Gasteiger partial charge on any atom is 0.138 e. The van der Waals surface area contributed by atoms with Crippen molar-refractivity contribution in [3.05, 3.63) is 48.0 Å². The second kappa shape index (κ2) is 5.45. The molecule has 0 unspecified atom stereocenters. The summed E-state index contributed by atoms with van der Waals surface area (Å²) in [6.45, 7) is 6.64. The standard InChI is InChI=1S/C17H21NO2/c1-4-17(2,3)12-5-7-13(8-6-12)20-14-9-10-16(19)15(18)11-14/h5-11,19H,4,18H2,1-3H3. The Bertz CT molecular complexity index is 588. The molecule has 0 saturated carbocycles. The normalized spacial score (nSPS) is 11.3. The maximum absolute atomic E-state index is 9.38. The van der Waals surface area contributed by atoms with E-state index in [2.05, 4.69) is 32.9 Å². The molecule has 0 aromatic heterocycles. The Morgan fingerprint density at radius 1 is 1.05 bits per heavy atom. The lowest BCUT2D eigenvalue weighted by Gasteiger charge is -2.23. The van der Waals surface area contributed by atoms with E-state index in [0.717, 1.165) is 12.2 Å². The zero-order valence-electron chi connectivity index (χ0n) is 12.2. The van der Waals surface area contributed by atoms with Gasteiger partial charge in [0, 0.05) is 6.07 Å². The van der Waals surface area contributed by atoms with E-state index in [1.807, 2.05) is 12.1 Å². The van der Waals surface area contributed by atoms with E-state index in [1.165, 1.54) is 11.6 Å². The first kappa shape index (κ1) is 14.3. The fourth-order valence-electron chi connectivity index (χ4n) is 1.91. The van der Waals surface area contributed by atoms with Gasteiger partial charge < -0.3 is 15.6 Å². The molecule has 2 aromatic rings. The van der Waals surface area contributed by atoms with E-state index in [9.17, 15) is 5.11 Å². The molecule has 20 heavy (non-hydrogen) atoms. The molecular formula is C17H21NO2. The minimum absolute atomic E-state index is 0.0670. The summed E-state index contributed by atoms with van der Waals surface area (Å²) in [6, 6.07) is 12.9. The number of anilines is 1. The van der Waals surface area contributed by atoms with Gasteiger partial charge in [0.25, 0.3) is 0 Å². The summed E-state index contributed by atoms with van der Waals surface area (Å²) in [5, 5.41) is 9.38. The summed E-state index contributed by atoms with van der Waals surface area (Å²) in [6.07, 6.45) is 1.09. The van der Waals surface area contributed by atoms with Crippen molar-refractivity contribution in [3.63, 3.8) is 0 Å². The molecule has 0 heterocycles. The zero-order valence-corrected chi connectivity index (χ0v) is 12.2. The molecule has 2 rings (SSSR count). The minimum atomic E-state index is 0.0670. The first-order chi connectivity index (χ1) is 9.42. The number of benzene rings is 2. The summed E-state index contributed by atoms with van der Waals surface area (Å²) < 4.78 is 5.72. The van der Waals surface area contributed by atoms with Crippen LogP contribution in [0.5, 0.6) is 17.2 Å². The third-order valence-electron chi connectivity index (χ3n) is 3.75. The molecule has 0 spiro atoms. The van der Waals surface area contributed by atoms with Crippen molar-refractivity contribution in [3.8, 4) is 17.2 Å². The third-order valence-corrected chi connectivity index (χ3v) is 3.75. The fraction of sp³-hybridized carbons (Fsp3) is 0.294. The number of phenols is 1. The predicted octanol–water partition coefficient (Wildman–Crippen LogP) is 4.45.